The lowest BCUT2D eigenvalue weighted by Gasteiger charge is -2.24. The van der Waals surface area contributed by atoms with Gasteiger partial charge in [-0.25, -0.2) is 0 Å². The molecule has 6 heteroatoms. The number of rotatable bonds is 9. The molecule has 0 saturated heterocycles. The minimum Gasteiger partial charge on any atom is -0.497 e. The van der Waals surface area contributed by atoms with Crippen LogP contribution in [0.25, 0.3) is 0 Å². The van der Waals surface area contributed by atoms with Crippen molar-refractivity contribution in [3.05, 3.63) is 52.9 Å². The molecule has 0 spiro atoms. The van der Waals surface area contributed by atoms with E-state index in [0.717, 1.165) is 16.9 Å². The number of nitrogens with zero attached hydrogens (tertiary/aromatic N) is 1. The first kappa shape index (κ1) is 21.3. The minimum atomic E-state index is -1.05. The zero-order valence-corrected chi connectivity index (χ0v) is 16.1. The normalized spacial score (nSPS) is 12.3. The van der Waals surface area contributed by atoms with Gasteiger partial charge in [0.05, 0.1) is 12.8 Å². The molecule has 0 aliphatic rings. The van der Waals surface area contributed by atoms with Crippen LogP contribution in [0.2, 0.25) is 0 Å². The molecule has 0 aliphatic heterocycles. The number of nitrogens with one attached hydrogen (secondary N) is 1. The fraction of sp³-hybridized carbons (Fsp3) is 0.400. The molecular weight excluding hydrogens is 332 g/mol. The number of carboxylic acid groups (broad SMARTS) is 1. The highest BCUT2D eigenvalue weighted by Crippen LogP contribution is 2.16. The van der Waals surface area contributed by atoms with Gasteiger partial charge in [-0.2, -0.15) is 0 Å². The van der Waals surface area contributed by atoms with Crippen molar-refractivity contribution in [2.45, 2.75) is 40.7 Å². The van der Waals surface area contributed by atoms with Gasteiger partial charge in [0.1, 0.15) is 12.3 Å². The van der Waals surface area contributed by atoms with Crippen LogP contribution in [0.5, 0.6) is 5.75 Å². The number of carbonyl (C=O) groups is 2. The molecule has 1 amide bonds. The molecule has 1 aromatic carbocycles. The Bertz CT molecular complexity index is 690. The quantitative estimate of drug-likeness (QED) is 0.661. The van der Waals surface area contributed by atoms with Crippen molar-refractivity contribution < 1.29 is 19.4 Å². The number of benzene rings is 1. The molecule has 0 bridgehead atoms. The zero-order chi connectivity index (χ0) is 19.7. The number of hydrogen-bond donors (Lipinski definition) is 2. The first-order valence-electron chi connectivity index (χ1n) is 8.57. The van der Waals surface area contributed by atoms with Gasteiger partial charge in [0.15, 0.2) is 0 Å². The van der Waals surface area contributed by atoms with Gasteiger partial charge >= 0.3 is 5.97 Å². The summed E-state index contributed by atoms with van der Waals surface area (Å²) in [6.45, 7) is 7.42. The first-order valence-corrected chi connectivity index (χ1v) is 8.57. The minimum absolute atomic E-state index is 0.337. The number of methoxy groups -OCH3 is 1. The summed E-state index contributed by atoms with van der Waals surface area (Å²) >= 11 is 0. The molecule has 142 valence electrons. The van der Waals surface area contributed by atoms with E-state index in [9.17, 15) is 9.59 Å². The summed E-state index contributed by atoms with van der Waals surface area (Å²) in [6, 6.07) is 7.55. The van der Waals surface area contributed by atoms with Gasteiger partial charge in [-0.15, -0.1) is 0 Å². The molecule has 1 aromatic rings. The molecule has 0 fully saturated rings. The van der Waals surface area contributed by atoms with Gasteiger partial charge in [-0.1, -0.05) is 25.1 Å². The summed E-state index contributed by atoms with van der Waals surface area (Å²) in [6.07, 6.45) is 2.41. The SMILES string of the molecule is C/C=C(/C)N(CC(=O)O)C(=O)/C(NCc1ccc(OC)cc1)=C(\C)CC. The van der Waals surface area contributed by atoms with Crippen molar-refractivity contribution in [2.24, 2.45) is 0 Å². The summed E-state index contributed by atoms with van der Waals surface area (Å²) in [5.41, 5.74) is 2.91. The second kappa shape index (κ2) is 10.3. The van der Waals surface area contributed by atoms with Crippen LogP contribution in [0, 0.1) is 0 Å². The average Bonchev–Trinajstić information content (AvgIpc) is 2.65. The monoisotopic (exact) mass is 360 g/mol. The van der Waals surface area contributed by atoms with E-state index < -0.39 is 5.97 Å². The number of hydrogen-bond acceptors (Lipinski definition) is 4. The number of allylic oxidation sites excluding steroid dienone is 3. The van der Waals surface area contributed by atoms with Crippen LogP contribution in [0.3, 0.4) is 0 Å². The lowest BCUT2D eigenvalue weighted by atomic mass is 10.1. The molecular formula is C20H28N2O4. The Morgan fingerprint density at radius 1 is 1.23 bits per heavy atom. The highest BCUT2D eigenvalue weighted by Gasteiger charge is 2.23. The van der Waals surface area contributed by atoms with Crippen molar-refractivity contribution >= 4 is 11.9 Å². The molecule has 2 N–H and O–H groups in total. The Hall–Kier alpha value is -2.76. The van der Waals surface area contributed by atoms with Crippen molar-refractivity contribution in [3.8, 4) is 5.75 Å². The Morgan fingerprint density at radius 2 is 1.85 bits per heavy atom. The van der Waals surface area contributed by atoms with E-state index in [0.29, 0.717) is 24.4 Å². The van der Waals surface area contributed by atoms with E-state index in [1.807, 2.05) is 38.1 Å². The Kier molecular flexibility index (Phi) is 8.42. The first-order chi connectivity index (χ1) is 12.3. The maximum atomic E-state index is 13.0. The van der Waals surface area contributed by atoms with Crippen molar-refractivity contribution in [3.63, 3.8) is 0 Å². The second-order valence-corrected chi connectivity index (χ2v) is 5.93. The molecule has 0 saturated carbocycles. The molecule has 26 heavy (non-hydrogen) atoms. The molecule has 0 heterocycles. The largest absolute Gasteiger partial charge is 0.497 e. The van der Waals surface area contributed by atoms with Crippen LogP contribution >= 0.6 is 0 Å². The van der Waals surface area contributed by atoms with Crippen LogP contribution in [-0.2, 0) is 16.1 Å². The van der Waals surface area contributed by atoms with Gasteiger partial charge in [0.25, 0.3) is 5.91 Å². The number of carboxylic acids is 1. The zero-order valence-electron chi connectivity index (χ0n) is 16.1. The number of carbonyl (C=O) groups excluding carboxylic acids is 1. The highest BCUT2D eigenvalue weighted by atomic mass is 16.5. The maximum Gasteiger partial charge on any atom is 0.323 e. The van der Waals surface area contributed by atoms with Gasteiger partial charge in [-0.3, -0.25) is 9.59 Å². The molecule has 6 nitrogen and oxygen atoms in total. The number of ether oxygens (including phenoxy) is 1. The summed E-state index contributed by atoms with van der Waals surface area (Å²) in [5, 5.41) is 12.3. The predicted molar refractivity (Wildman–Crippen MR) is 102 cm³/mol. The summed E-state index contributed by atoms with van der Waals surface area (Å²) in [4.78, 5) is 25.4. The van der Waals surface area contributed by atoms with E-state index in [4.69, 9.17) is 9.84 Å². The van der Waals surface area contributed by atoms with Gasteiger partial charge < -0.3 is 20.1 Å². The van der Waals surface area contributed by atoms with Gasteiger partial charge in [0.2, 0.25) is 0 Å². The Labute approximate surface area is 155 Å². The van der Waals surface area contributed by atoms with Crippen LogP contribution < -0.4 is 10.1 Å². The fourth-order valence-electron chi connectivity index (χ4n) is 2.30. The third kappa shape index (κ3) is 5.95. The molecule has 1 rings (SSSR count). The summed E-state index contributed by atoms with van der Waals surface area (Å²) in [5.74, 6) is -0.624. The van der Waals surface area contributed by atoms with Crippen molar-refractivity contribution in [1.29, 1.82) is 0 Å². The van der Waals surface area contributed by atoms with E-state index in [1.54, 1.807) is 27.0 Å². The second-order valence-electron chi connectivity index (χ2n) is 5.93. The Balaban J connectivity index is 3.04. The molecule has 0 atom stereocenters. The van der Waals surface area contributed by atoms with Crippen LogP contribution in [0.1, 0.15) is 39.7 Å². The smallest absolute Gasteiger partial charge is 0.323 e. The standard InChI is InChI=1S/C20H28N2O4/c1-6-14(3)19(20(25)22(13-18(23)24)15(4)7-2)21-12-16-8-10-17(26-5)11-9-16/h7-11,21H,6,12-13H2,1-5H3,(H,23,24)/b15-7-,19-14-. The number of amides is 1. The lowest BCUT2D eigenvalue weighted by molar-refractivity contribution is -0.142. The average molecular weight is 360 g/mol. The molecule has 0 unspecified atom stereocenters. The van der Waals surface area contributed by atoms with Crippen molar-refractivity contribution in [1.82, 2.24) is 10.2 Å². The van der Waals surface area contributed by atoms with Crippen molar-refractivity contribution in [2.75, 3.05) is 13.7 Å². The van der Waals surface area contributed by atoms with Gasteiger partial charge in [-0.05, 0) is 50.5 Å². The molecule has 0 radical (unpaired) electrons. The van der Waals surface area contributed by atoms with E-state index >= 15 is 0 Å². The van der Waals surface area contributed by atoms with Crippen LogP contribution in [0.15, 0.2) is 47.3 Å². The summed E-state index contributed by atoms with van der Waals surface area (Å²) in [7, 11) is 1.61. The fourth-order valence-corrected chi connectivity index (χ4v) is 2.30. The third-order valence-electron chi connectivity index (χ3n) is 4.18. The van der Waals surface area contributed by atoms with Gasteiger partial charge in [0, 0.05) is 12.2 Å². The Morgan fingerprint density at radius 3 is 2.31 bits per heavy atom. The number of aliphatic carboxylic acids is 1. The summed E-state index contributed by atoms with van der Waals surface area (Å²) < 4.78 is 5.14. The molecule has 0 aromatic heterocycles. The van der Waals surface area contributed by atoms with E-state index in [2.05, 4.69) is 5.32 Å². The van der Waals surface area contributed by atoms with Crippen LogP contribution in [-0.4, -0.2) is 35.5 Å². The maximum absolute atomic E-state index is 13.0. The third-order valence-corrected chi connectivity index (χ3v) is 4.18. The van der Waals surface area contributed by atoms with E-state index in [1.165, 1.54) is 4.90 Å². The topological polar surface area (TPSA) is 78.9 Å². The van der Waals surface area contributed by atoms with E-state index in [-0.39, 0.29) is 12.5 Å². The van der Waals surface area contributed by atoms with Crippen LogP contribution in [0.4, 0.5) is 0 Å². The molecule has 0 aliphatic carbocycles. The predicted octanol–water partition coefficient (Wildman–Crippen LogP) is 3.31. The highest BCUT2D eigenvalue weighted by molar-refractivity contribution is 5.96. The lowest BCUT2D eigenvalue weighted by Crippen LogP contribution is -2.39.